The summed E-state index contributed by atoms with van der Waals surface area (Å²) in [6.45, 7) is 5.46. The zero-order chi connectivity index (χ0) is 8.97. The van der Waals surface area contributed by atoms with Crippen molar-refractivity contribution in [1.29, 1.82) is 0 Å². The number of allylic oxidation sites excluding steroid dienone is 2. The molecule has 0 spiro atoms. The molecule has 0 aromatic heterocycles. The van der Waals surface area contributed by atoms with Crippen molar-refractivity contribution in [3.05, 3.63) is 48.1 Å². The highest BCUT2D eigenvalue weighted by molar-refractivity contribution is 5.54. The average Bonchev–Trinajstić information content (AvgIpc) is 2.07. The highest BCUT2D eigenvalue weighted by atomic mass is 16.3. The van der Waals surface area contributed by atoms with Crippen LogP contribution < -0.4 is 0 Å². The van der Waals surface area contributed by atoms with Gasteiger partial charge in [0.2, 0.25) is 0 Å². The van der Waals surface area contributed by atoms with Crippen molar-refractivity contribution in [2.45, 2.75) is 6.92 Å². The first-order valence-electron chi connectivity index (χ1n) is 3.83. The molecule has 0 heterocycles. The van der Waals surface area contributed by atoms with Crippen LogP contribution in [0.25, 0.3) is 6.08 Å². The molecule has 1 heteroatoms. The lowest BCUT2D eigenvalue weighted by Gasteiger charge is -1.98. The molecule has 1 aromatic rings. The number of rotatable bonds is 2. The molecule has 1 N–H and O–H groups in total. The molecule has 0 aliphatic heterocycles. The normalized spacial score (nSPS) is 10.4. The fourth-order valence-electron chi connectivity index (χ4n) is 0.961. The maximum absolute atomic E-state index is 9.22. The van der Waals surface area contributed by atoms with Crippen LogP contribution in [0.2, 0.25) is 0 Å². The van der Waals surface area contributed by atoms with Crippen LogP contribution in [0.1, 0.15) is 11.1 Å². The molecule has 0 atom stereocenters. The van der Waals surface area contributed by atoms with Crippen LogP contribution in [0.15, 0.2) is 36.9 Å². The van der Waals surface area contributed by atoms with Crippen LogP contribution in [0.5, 0.6) is 5.75 Å². The van der Waals surface area contributed by atoms with E-state index in [4.69, 9.17) is 0 Å². The fourth-order valence-corrected chi connectivity index (χ4v) is 0.961. The van der Waals surface area contributed by atoms with Gasteiger partial charge in [0, 0.05) is 0 Å². The Balaban J connectivity index is 2.96. The maximum Gasteiger partial charge on any atom is 0.118 e. The topological polar surface area (TPSA) is 20.2 Å². The van der Waals surface area contributed by atoms with Gasteiger partial charge in [0.05, 0.1) is 0 Å². The van der Waals surface area contributed by atoms with Gasteiger partial charge in [0.15, 0.2) is 0 Å². The van der Waals surface area contributed by atoms with Crippen LogP contribution in [-0.4, -0.2) is 5.11 Å². The largest absolute Gasteiger partial charge is 0.508 e. The Morgan fingerprint density at radius 3 is 2.75 bits per heavy atom. The van der Waals surface area contributed by atoms with Crippen LogP contribution in [0, 0.1) is 6.92 Å². The van der Waals surface area contributed by atoms with Gasteiger partial charge in [-0.3, -0.25) is 0 Å². The summed E-state index contributed by atoms with van der Waals surface area (Å²) < 4.78 is 0. The Morgan fingerprint density at radius 2 is 2.17 bits per heavy atom. The number of hydrogen-bond donors (Lipinski definition) is 1. The van der Waals surface area contributed by atoms with Crippen molar-refractivity contribution >= 4 is 6.08 Å². The predicted octanol–water partition coefficient (Wildman–Crippen LogP) is 2.90. The molecule has 0 bridgehead atoms. The van der Waals surface area contributed by atoms with E-state index in [1.54, 1.807) is 12.1 Å². The molecule has 12 heavy (non-hydrogen) atoms. The molecule has 0 saturated heterocycles. The first-order valence-corrected chi connectivity index (χ1v) is 3.83. The molecule has 62 valence electrons. The zero-order valence-electron chi connectivity index (χ0n) is 7.12. The van der Waals surface area contributed by atoms with E-state index >= 15 is 0 Å². The number of hydrogen-bond acceptors (Lipinski definition) is 1. The Bertz CT molecular complexity index is 311. The summed E-state index contributed by atoms with van der Waals surface area (Å²) in [5, 5.41) is 9.22. The Hall–Kier alpha value is -1.50. The molecule has 0 radical (unpaired) electrons. The van der Waals surface area contributed by atoms with Crippen molar-refractivity contribution < 1.29 is 5.11 Å². The third-order valence-electron chi connectivity index (χ3n) is 1.65. The van der Waals surface area contributed by atoms with E-state index in [0.717, 1.165) is 11.1 Å². The summed E-state index contributed by atoms with van der Waals surface area (Å²) in [6.07, 6.45) is 5.54. The quantitative estimate of drug-likeness (QED) is 0.659. The Kier molecular flexibility index (Phi) is 2.70. The van der Waals surface area contributed by atoms with Crippen molar-refractivity contribution in [3.63, 3.8) is 0 Å². The second kappa shape index (κ2) is 3.77. The molecule has 0 saturated carbocycles. The molecular weight excluding hydrogens is 148 g/mol. The van der Waals surface area contributed by atoms with E-state index in [0.29, 0.717) is 5.75 Å². The fraction of sp³-hybridized carbons (Fsp3) is 0.0909. The van der Waals surface area contributed by atoms with E-state index in [1.807, 2.05) is 31.2 Å². The lowest BCUT2D eigenvalue weighted by Crippen LogP contribution is -1.76. The van der Waals surface area contributed by atoms with Crippen LogP contribution in [-0.2, 0) is 0 Å². The van der Waals surface area contributed by atoms with Gasteiger partial charge >= 0.3 is 0 Å². The maximum atomic E-state index is 9.22. The van der Waals surface area contributed by atoms with Crippen LogP contribution in [0.3, 0.4) is 0 Å². The molecule has 1 nitrogen and oxygen atoms in total. The lowest BCUT2D eigenvalue weighted by atomic mass is 10.1. The van der Waals surface area contributed by atoms with E-state index in [9.17, 15) is 5.11 Å². The predicted molar refractivity (Wildman–Crippen MR) is 52.1 cm³/mol. The Labute approximate surface area is 72.7 Å². The summed E-state index contributed by atoms with van der Waals surface area (Å²) in [6, 6.07) is 5.48. The van der Waals surface area contributed by atoms with Gasteiger partial charge in [-0.15, -0.1) is 0 Å². The summed E-state index contributed by atoms with van der Waals surface area (Å²) in [4.78, 5) is 0. The SMILES string of the molecule is C=CC=Cc1ccc(O)c(C)c1. The number of benzene rings is 1. The molecule has 1 rings (SSSR count). The second-order valence-electron chi connectivity index (χ2n) is 2.64. The third kappa shape index (κ3) is 1.99. The smallest absolute Gasteiger partial charge is 0.118 e. The van der Waals surface area contributed by atoms with Gasteiger partial charge in [0.1, 0.15) is 5.75 Å². The molecule has 0 unspecified atom stereocenters. The Morgan fingerprint density at radius 1 is 1.42 bits per heavy atom. The van der Waals surface area contributed by atoms with Gasteiger partial charge in [-0.05, 0) is 30.2 Å². The van der Waals surface area contributed by atoms with Crippen LogP contribution >= 0.6 is 0 Å². The van der Waals surface area contributed by atoms with E-state index in [1.165, 1.54) is 0 Å². The van der Waals surface area contributed by atoms with Gasteiger partial charge in [-0.1, -0.05) is 30.9 Å². The summed E-state index contributed by atoms with van der Waals surface area (Å²) in [7, 11) is 0. The minimum absolute atomic E-state index is 0.339. The average molecular weight is 160 g/mol. The van der Waals surface area contributed by atoms with Crippen molar-refractivity contribution in [3.8, 4) is 5.75 Å². The standard InChI is InChI=1S/C11H12O/c1-3-4-5-10-6-7-11(12)9(2)8-10/h3-8,12H,1H2,2H3. The van der Waals surface area contributed by atoms with Gasteiger partial charge in [0.25, 0.3) is 0 Å². The van der Waals surface area contributed by atoms with Crippen molar-refractivity contribution in [2.24, 2.45) is 0 Å². The molecule has 0 fully saturated rings. The summed E-state index contributed by atoms with van der Waals surface area (Å²) in [5.74, 6) is 0.339. The number of phenolic OH excluding ortho intramolecular Hbond substituents is 1. The van der Waals surface area contributed by atoms with Gasteiger partial charge < -0.3 is 5.11 Å². The van der Waals surface area contributed by atoms with E-state index < -0.39 is 0 Å². The number of aryl methyl sites for hydroxylation is 1. The van der Waals surface area contributed by atoms with Gasteiger partial charge in [-0.2, -0.15) is 0 Å². The molecular formula is C11H12O. The molecule has 0 aliphatic carbocycles. The first kappa shape index (κ1) is 8.60. The molecule has 0 amide bonds. The molecule has 1 aromatic carbocycles. The number of aromatic hydroxyl groups is 1. The van der Waals surface area contributed by atoms with Crippen LogP contribution in [0.4, 0.5) is 0 Å². The summed E-state index contributed by atoms with van der Waals surface area (Å²) >= 11 is 0. The highest BCUT2D eigenvalue weighted by Crippen LogP contribution is 2.17. The zero-order valence-corrected chi connectivity index (χ0v) is 7.12. The monoisotopic (exact) mass is 160 g/mol. The first-order chi connectivity index (χ1) is 5.74. The lowest BCUT2D eigenvalue weighted by molar-refractivity contribution is 0.471. The highest BCUT2D eigenvalue weighted by Gasteiger charge is 1.93. The van der Waals surface area contributed by atoms with Crippen molar-refractivity contribution in [1.82, 2.24) is 0 Å². The third-order valence-corrected chi connectivity index (χ3v) is 1.65. The minimum Gasteiger partial charge on any atom is -0.508 e. The van der Waals surface area contributed by atoms with E-state index in [2.05, 4.69) is 6.58 Å². The second-order valence-corrected chi connectivity index (χ2v) is 2.64. The molecule has 0 aliphatic rings. The van der Waals surface area contributed by atoms with Gasteiger partial charge in [-0.25, -0.2) is 0 Å². The van der Waals surface area contributed by atoms with E-state index in [-0.39, 0.29) is 0 Å². The van der Waals surface area contributed by atoms with Crippen molar-refractivity contribution in [2.75, 3.05) is 0 Å². The minimum atomic E-state index is 0.339. The number of phenols is 1. The summed E-state index contributed by atoms with van der Waals surface area (Å²) in [5.41, 5.74) is 1.96.